The van der Waals surface area contributed by atoms with E-state index in [9.17, 15) is 23.1 Å². The number of halogens is 4. The van der Waals surface area contributed by atoms with Crippen LogP contribution in [0.1, 0.15) is 18.4 Å². The Bertz CT molecular complexity index is 1290. The van der Waals surface area contributed by atoms with E-state index >= 15 is 0 Å². The average Bonchev–Trinajstić information content (AvgIpc) is 2.81. The summed E-state index contributed by atoms with van der Waals surface area (Å²) >= 11 is 7.24. The number of aromatic amines is 1. The highest BCUT2D eigenvalue weighted by atomic mass is 35.5. The first-order valence-electron chi connectivity index (χ1n) is 10.7. The van der Waals surface area contributed by atoms with E-state index < -0.39 is 23.4 Å². The molecule has 3 N–H and O–H groups in total. The van der Waals surface area contributed by atoms with Gasteiger partial charge in [0.1, 0.15) is 5.75 Å². The fourth-order valence-corrected chi connectivity index (χ4v) is 4.78. The number of thioether (sulfide) groups is 1. The highest BCUT2D eigenvalue weighted by Gasteiger charge is 2.31. The van der Waals surface area contributed by atoms with Gasteiger partial charge >= 0.3 is 6.18 Å². The minimum absolute atomic E-state index is 0.128. The van der Waals surface area contributed by atoms with Gasteiger partial charge in [0.25, 0.3) is 5.56 Å². The number of aliphatic hydroxyl groups excluding tert-OH is 1. The number of fused-ring (bicyclic) bond motifs is 1. The van der Waals surface area contributed by atoms with Crippen LogP contribution in [0.5, 0.6) is 5.75 Å². The number of H-pyrrole nitrogens is 1. The van der Waals surface area contributed by atoms with Crippen LogP contribution in [0.3, 0.4) is 0 Å². The van der Waals surface area contributed by atoms with Crippen molar-refractivity contribution >= 4 is 34.3 Å². The number of hydrogen-bond donors (Lipinski definition) is 3. The van der Waals surface area contributed by atoms with Crippen molar-refractivity contribution in [2.45, 2.75) is 30.0 Å². The number of methoxy groups -OCH3 is 1. The van der Waals surface area contributed by atoms with Crippen molar-refractivity contribution in [3.8, 4) is 22.9 Å². The number of nitrogens with zero attached hydrogens (tertiary/aromatic N) is 1. The molecule has 1 unspecified atom stereocenters. The minimum atomic E-state index is -4.58. The second kappa shape index (κ2) is 11.8. The minimum Gasteiger partial charge on any atom is -0.496 e. The molecule has 0 aliphatic heterocycles. The lowest BCUT2D eigenvalue weighted by molar-refractivity contribution is -0.137. The van der Waals surface area contributed by atoms with Crippen molar-refractivity contribution in [1.82, 2.24) is 10.3 Å². The normalized spacial score (nSPS) is 12.5. The quantitative estimate of drug-likeness (QED) is 0.248. The van der Waals surface area contributed by atoms with E-state index in [4.69, 9.17) is 21.6 Å². The Morgan fingerprint density at radius 2 is 2.03 bits per heavy atom. The van der Waals surface area contributed by atoms with Gasteiger partial charge in [0.15, 0.2) is 0 Å². The van der Waals surface area contributed by atoms with Crippen LogP contribution in [0.4, 0.5) is 13.2 Å². The number of nitriles is 1. The molecule has 1 atom stereocenters. The van der Waals surface area contributed by atoms with Gasteiger partial charge in [-0.2, -0.15) is 18.4 Å². The molecule has 6 nitrogen and oxygen atoms in total. The SMILES string of the molecule is COc1ccc(Cl)cc1-c1c(SCC(O)CCNCCC#N)c(=O)[nH]c2ccc(C(F)(F)F)cc12. The zero-order valence-corrected chi connectivity index (χ0v) is 20.3. The predicted molar refractivity (Wildman–Crippen MR) is 131 cm³/mol. The lowest BCUT2D eigenvalue weighted by atomic mass is 9.98. The number of ether oxygens (including phenoxy) is 1. The summed E-state index contributed by atoms with van der Waals surface area (Å²) in [5.74, 6) is 0.464. The summed E-state index contributed by atoms with van der Waals surface area (Å²) in [7, 11) is 1.42. The summed E-state index contributed by atoms with van der Waals surface area (Å²) in [6.07, 6.45) is -4.65. The molecule has 0 aliphatic carbocycles. The molecule has 3 rings (SSSR count). The van der Waals surface area contributed by atoms with Crippen molar-refractivity contribution in [3.05, 3.63) is 57.3 Å². The second-order valence-corrected chi connectivity index (χ2v) is 9.14. The van der Waals surface area contributed by atoms with Crippen LogP contribution < -0.4 is 15.6 Å². The number of benzene rings is 2. The zero-order chi connectivity index (χ0) is 25.6. The highest BCUT2D eigenvalue weighted by molar-refractivity contribution is 7.99. The lowest BCUT2D eigenvalue weighted by Gasteiger charge is -2.18. The Morgan fingerprint density at radius 1 is 1.26 bits per heavy atom. The van der Waals surface area contributed by atoms with Gasteiger partial charge in [0.2, 0.25) is 0 Å². The zero-order valence-electron chi connectivity index (χ0n) is 18.7. The number of pyridine rings is 1. The number of alkyl halides is 3. The molecule has 1 aromatic heterocycles. The Morgan fingerprint density at radius 3 is 2.71 bits per heavy atom. The first-order valence-corrected chi connectivity index (χ1v) is 12.0. The third kappa shape index (κ3) is 6.70. The van der Waals surface area contributed by atoms with Gasteiger partial charge < -0.3 is 20.1 Å². The predicted octanol–water partition coefficient (Wildman–Crippen LogP) is 5.22. The molecule has 3 aromatic rings. The van der Waals surface area contributed by atoms with Crippen LogP contribution in [0.15, 0.2) is 46.1 Å². The maximum atomic E-state index is 13.5. The molecule has 0 aliphatic rings. The number of nitrogens with one attached hydrogen (secondary N) is 2. The fourth-order valence-electron chi connectivity index (χ4n) is 3.53. The Kier molecular flexibility index (Phi) is 9.08. The number of hydrogen-bond acceptors (Lipinski definition) is 6. The first kappa shape index (κ1) is 26.9. The van der Waals surface area contributed by atoms with E-state index in [0.29, 0.717) is 42.3 Å². The van der Waals surface area contributed by atoms with Crippen molar-refractivity contribution < 1.29 is 23.0 Å². The molecular weight excluding hydrogens is 503 g/mol. The maximum absolute atomic E-state index is 13.5. The third-order valence-electron chi connectivity index (χ3n) is 5.22. The molecule has 0 radical (unpaired) electrons. The summed E-state index contributed by atoms with van der Waals surface area (Å²) in [6, 6.07) is 9.82. The van der Waals surface area contributed by atoms with Crippen LogP contribution in [0, 0.1) is 11.3 Å². The third-order valence-corrected chi connectivity index (χ3v) is 6.68. The van der Waals surface area contributed by atoms with Crippen molar-refractivity contribution in [2.24, 2.45) is 0 Å². The molecule has 0 bridgehead atoms. The van der Waals surface area contributed by atoms with E-state index in [1.54, 1.807) is 12.1 Å². The number of rotatable bonds is 10. The summed E-state index contributed by atoms with van der Waals surface area (Å²) in [5.41, 5.74) is -0.520. The largest absolute Gasteiger partial charge is 0.496 e. The average molecular weight is 526 g/mol. The molecule has 0 saturated carbocycles. The molecule has 0 amide bonds. The van der Waals surface area contributed by atoms with E-state index in [1.807, 2.05) is 6.07 Å². The van der Waals surface area contributed by atoms with Gasteiger partial charge in [-0.3, -0.25) is 4.79 Å². The van der Waals surface area contributed by atoms with Crippen LogP contribution in [-0.2, 0) is 6.18 Å². The summed E-state index contributed by atoms with van der Waals surface area (Å²) < 4.78 is 46.0. The van der Waals surface area contributed by atoms with Crippen LogP contribution >= 0.6 is 23.4 Å². The van der Waals surface area contributed by atoms with Crippen molar-refractivity contribution in [2.75, 3.05) is 26.0 Å². The van der Waals surface area contributed by atoms with E-state index in [1.165, 1.54) is 19.2 Å². The van der Waals surface area contributed by atoms with Crippen LogP contribution in [0.2, 0.25) is 5.02 Å². The Balaban J connectivity index is 2.08. The van der Waals surface area contributed by atoms with Crippen molar-refractivity contribution in [3.63, 3.8) is 0 Å². The first-order chi connectivity index (χ1) is 16.7. The van der Waals surface area contributed by atoms with Crippen LogP contribution in [-0.4, -0.2) is 42.1 Å². The molecule has 0 fully saturated rings. The molecule has 2 aromatic carbocycles. The van der Waals surface area contributed by atoms with Gasteiger partial charge in [0, 0.05) is 45.8 Å². The second-order valence-electron chi connectivity index (χ2n) is 7.67. The molecule has 11 heteroatoms. The van der Waals surface area contributed by atoms with Crippen LogP contribution in [0.25, 0.3) is 22.0 Å². The summed E-state index contributed by atoms with van der Waals surface area (Å²) in [6.45, 7) is 0.975. The Hall–Kier alpha value is -2.71. The monoisotopic (exact) mass is 525 g/mol. The van der Waals surface area contributed by atoms with Crippen molar-refractivity contribution in [1.29, 1.82) is 5.26 Å². The van der Waals surface area contributed by atoms with E-state index in [-0.39, 0.29) is 27.1 Å². The smallest absolute Gasteiger partial charge is 0.416 e. The van der Waals surface area contributed by atoms with Gasteiger partial charge in [-0.1, -0.05) is 11.6 Å². The maximum Gasteiger partial charge on any atom is 0.416 e. The summed E-state index contributed by atoms with van der Waals surface area (Å²) in [4.78, 5) is 15.8. The topological polar surface area (TPSA) is 98.1 Å². The number of aliphatic hydroxyl groups is 1. The molecule has 186 valence electrons. The summed E-state index contributed by atoms with van der Waals surface area (Å²) in [5, 5.41) is 22.5. The molecule has 0 saturated heterocycles. The van der Waals surface area contributed by atoms with E-state index in [0.717, 1.165) is 23.9 Å². The number of aromatic nitrogens is 1. The molecule has 1 heterocycles. The van der Waals surface area contributed by atoms with Gasteiger partial charge in [0.05, 0.1) is 29.7 Å². The fraction of sp³-hybridized carbons (Fsp3) is 0.333. The standard InChI is InChI=1S/C24H23ClF3N3O3S/c1-34-20-6-4-15(25)12-18(20)21-17-11-14(24(26,27)28)3-5-19(17)31-23(33)22(21)35-13-16(32)7-10-30-9-2-8-29/h3-6,11-12,16,30,32H,2,7,9-10,13H2,1H3,(H,31,33). The van der Waals surface area contributed by atoms with E-state index in [2.05, 4.69) is 10.3 Å². The van der Waals surface area contributed by atoms with Gasteiger partial charge in [-0.15, -0.1) is 11.8 Å². The van der Waals surface area contributed by atoms with Gasteiger partial charge in [-0.05, 0) is 49.4 Å². The molecule has 35 heavy (non-hydrogen) atoms. The Labute approximate surface area is 209 Å². The molecular formula is C24H23ClF3N3O3S. The van der Waals surface area contributed by atoms with Gasteiger partial charge in [-0.25, -0.2) is 0 Å². The highest BCUT2D eigenvalue weighted by Crippen LogP contribution is 2.42. The molecule has 0 spiro atoms. The lowest BCUT2D eigenvalue weighted by Crippen LogP contribution is -2.23.